The first-order chi connectivity index (χ1) is 36.0. The number of non-ortho nitro benzene ring substituents is 1. The molecule has 0 bridgehead atoms. The topological polar surface area (TPSA) is 246 Å². The summed E-state index contributed by atoms with van der Waals surface area (Å²) in [5, 5.41) is 32.0. The second-order valence-corrected chi connectivity index (χ2v) is 26.2. The molecule has 0 saturated heterocycles. The molecule has 1 aliphatic carbocycles. The Morgan fingerprint density at radius 2 is 1.68 bits per heavy atom. The van der Waals surface area contributed by atoms with Gasteiger partial charge in [0.1, 0.15) is 23.9 Å². The average Bonchev–Trinajstić information content (AvgIpc) is 3.37. The largest absolute Gasteiger partial charge is 0.506 e. The van der Waals surface area contributed by atoms with Crippen molar-refractivity contribution in [2.24, 2.45) is 5.73 Å². The van der Waals surface area contributed by atoms with Crippen LogP contribution in [0.4, 0.5) is 21.0 Å². The number of aryl methyl sites for hydroxylation is 1. The van der Waals surface area contributed by atoms with Gasteiger partial charge in [-0.05, 0) is 115 Å². The van der Waals surface area contributed by atoms with Gasteiger partial charge in [-0.15, -0.1) is 0 Å². The second-order valence-electron chi connectivity index (χ2n) is 21.1. The number of carbonyl (C=O) groups excluding carboxylic acids is 3. The first-order valence-electron chi connectivity index (χ1n) is 25.3. The molecule has 0 aliphatic heterocycles. The van der Waals surface area contributed by atoms with Crippen LogP contribution in [0.1, 0.15) is 100 Å². The molecule has 3 amide bonds. The van der Waals surface area contributed by atoms with Crippen LogP contribution in [0, 0.1) is 10.1 Å². The lowest BCUT2D eigenvalue weighted by Gasteiger charge is -2.40. The summed E-state index contributed by atoms with van der Waals surface area (Å²) in [7, 11) is -0.791. The summed E-state index contributed by atoms with van der Waals surface area (Å²) in [4.78, 5) is 64.8. The number of fused-ring (bicyclic) bond motifs is 1. The molecule has 7 N–H and O–H groups in total. The first-order valence-corrected chi connectivity index (χ1v) is 28.6. The van der Waals surface area contributed by atoms with Crippen LogP contribution in [0.2, 0.25) is 23.2 Å². The number of amides is 3. The van der Waals surface area contributed by atoms with Gasteiger partial charge < -0.3 is 50.4 Å². The third kappa shape index (κ3) is 13.8. The third-order valence-electron chi connectivity index (χ3n) is 14.7. The van der Waals surface area contributed by atoms with Gasteiger partial charge in [0.2, 0.25) is 11.5 Å². The third-order valence-corrected chi connectivity index (χ3v) is 19.5. The molecule has 1 saturated carbocycles. The van der Waals surface area contributed by atoms with Crippen molar-refractivity contribution in [1.29, 1.82) is 0 Å². The van der Waals surface area contributed by atoms with Crippen molar-refractivity contribution < 1.29 is 43.1 Å². The van der Waals surface area contributed by atoms with Gasteiger partial charge in [-0.3, -0.25) is 19.7 Å². The average molecular weight is 1080 g/mol. The SMILES string of the molecule is COc1cc(NC(=O)CCCc2ccc(-c3ccccc3)c(OC(N)=O)c2[C@]2(C)CC[C@@H](NC(=O)OCc3ccc([N+](=O)[O-])cc3)CC2)c(Cl)cc1CNC[C@H](O[Si](C)(C)C(C)(C)C)c1ccc(O)c2[nH]c(=O)ccc12. The van der Waals surface area contributed by atoms with Gasteiger partial charge >= 0.3 is 12.2 Å². The van der Waals surface area contributed by atoms with E-state index in [0.29, 0.717) is 95.9 Å². The first kappa shape index (κ1) is 56.5. The van der Waals surface area contributed by atoms with Crippen molar-refractivity contribution in [3.8, 4) is 28.4 Å². The van der Waals surface area contributed by atoms with Gasteiger partial charge in [0.25, 0.3) is 5.69 Å². The number of halogens is 1. The monoisotopic (exact) mass is 1070 g/mol. The predicted octanol–water partition coefficient (Wildman–Crippen LogP) is 11.9. The van der Waals surface area contributed by atoms with Gasteiger partial charge in [0.05, 0.1) is 34.4 Å². The highest BCUT2D eigenvalue weighted by Gasteiger charge is 2.41. The van der Waals surface area contributed by atoms with Crippen molar-refractivity contribution >= 4 is 60.3 Å². The van der Waals surface area contributed by atoms with Gasteiger partial charge in [-0.1, -0.05) is 87.8 Å². The van der Waals surface area contributed by atoms with Crippen LogP contribution in [-0.4, -0.2) is 61.1 Å². The highest BCUT2D eigenvalue weighted by Crippen LogP contribution is 2.49. The maximum absolute atomic E-state index is 13.7. The minimum absolute atomic E-state index is 0.0326. The van der Waals surface area contributed by atoms with E-state index in [-0.39, 0.29) is 47.0 Å². The molecule has 17 nitrogen and oxygen atoms in total. The molecule has 1 heterocycles. The number of hydrogen-bond donors (Lipinski definition) is 6. The van der Waals surface area contributed by atoms with E-state index in [1.54, 1.807) is 43.5 Å². The number of aromatic nitrogens is 1. The number of phenolic OH excluding ortho intramolecular Hbond substituents is 1. The predicted molar refractivity (Wildman–Crippen MR) is 297 cm³/mol. The lowest BCUT2D eigenvalue weighted by atomic mass is 9.67. The Bertz CT molecular complexity index is 3140. The number of anilines is 1. The lowest BCUT2D eigenvalue weighted by molar-refractivity contribution is -0.384. The summed E-state index contributed by atoms with van der Waals surface area (Å²) >= 11 is 6.87. The Morgan fingerprint density at radius 3 is 2.34 bits per heavy atom. The zero-order valence-corrected chi connectivity index (χ0v) is 45.7. The number of methoxy groups -OCH3 is 1. The fourth-order valence-electron chi connectivity index (χ4n) is 9.56. The highest BCUT2D eigenvalue weighted by atomic mass is 35.5. The molecule has 0 spiro atoms. The summed E-state index contributed by atoms with van der Waals surface area (Å²) in [5.74, 6) is 0.562. The Kier molecular flexibility index (Phi) is 18.0. The fourth-order valence-corrected chi connectivity index (χ4v) is 11.1. The van der Waals surface area contributed by atoms with Gasteiger partial charge in [0.15, 0.2) is 8.32 Å². The number of primary amides is 1. The van der Waals surface area contributed by atoms with E-state index in [9.17, 15) is 34.4 Å². The Balaban J connectivity index is 1.03. The molecule has 7 rings (SSSR count). The molecule has 1 aliphatic rings. The fraction of sp³-hybridized carbons (Fsp3) is 0.368. The Hall–Kier alpha value is -7.25. The molecule has 5 aromatic carbocycles. The molecule has 1 atom stereocenters. The maximum Gasteiger partial charge on any atom is 0.409 e. The minimum atomic E-state index is -2.34. The molecule has 402 valence electrons. The van der Waals surface area contributed by atoms with Gasteiger partial charge in [-0.2, -0.15) is 0 Å². The van der Waals surface area contributed by atoms with Crippen molar-refractivity contribution in [2.75, 3.05) is 19.0 Å². The van der Waals surface area contributed by atoms with Crippen molar-refractivity contribution in [3.63, 3.8) is 0 Å². The highest BCUT2D eigenvalue weighted by molar-refractivity contribution is 6.74. The van der Waals surface area contributed by atoms with Crippen LogP contribution in [0.25, 0.3) is 22.0 Å². The molecular weight excluding hydrogens is 1010 g/mol. The number of rotatable bonds is 20. The summed E-state index contributed by atoms with van der Waals surface area (Å²) < 4.78 is 24.2. The second kappa shape index (κ2) is 24.2. The maximum atomic E-state index is 13.7. The summed E-state index contributed by atoms with van der Waals surface area (Å²) in [6.45, 7) is 13.6. The quantitative estimate of drug-likeness (QED) is 0.0237. The number of pyridine rings is 1. The van der Waals surface area contributed by atoms with Crippen LogP contribution < -0.4 is 36.7 Å². The molecule has 1 fully saturated rings. The van der Waals surface area contributed by atoms with Crippen molar-refractivity contribution in [3.05, 3.63) is 156 Å². The number of nitrogens with one attached hydrogen (secondary N) is 4. The molecule has 76 heavy (non-hydrogen) atoms. The van der Waals surface area contributed by atoms with E-state index >= 15 is 0 Å². The normalized spacial score (nSPS) is 16.1. The zero-order chi connectivity index (χ0) is 55.0. The number of nitrogens with two attached hydrogens (primary N) is 1. The standard InChI is InChI=1S/C57H67ClN6O11Si/c1-56(2,3)76(6,7)75-48(42-22-24-46(65)52-43(42)23-25-50(67)63-52)33-60-32-38-30-44(58)45(31-47(38)72-5)62-49(66)15-11-14-37-18-21-41(36-12-9-8-10-13-36)53(74-54(59)68)51(37)57(4)28-26-39(27-29-57)61-55(69)73-34-35-16-19-40(20-17-35)64(70)71/h8-10,12-13,16-25,30-31,39,48,60,65H,11,14-15,26-29,32-34H2,1-7H3,(H2,59,68)(H,61,69)(H,62,66)(H,63,67)/t39-,48-,57-/m0/s1. The molecule has 1 aromatic heterocycles. The van der Waals surface area contributed by atoms with E-state index < -0.39 is 36.9 Å². The number of nitro groups is 1. The summed E-state index contributed by atoms with van der Waals surface area (Å²) in [6.07, 6.45) is 1.41. The smallest absolute Gasteiger partial charge is 0.409 e. The number of aromatic amines is 1. The molecule has 6 aromatic rings. The zero-order valence-electron chi connectivity index (χ0n) is 44.0. The van der Waals surface area contributed by atoms with Crippen LogP contribution in [0.5, 0.6) is 17.2 Å². The number of carbonyl (C=O) groups is 3. The number of ether oxygens (including phenoxy) is 3. The van der Waals surface area contributed by atoms with Crippen molar-refractivity contribution in [2.45, 2.75) is 121 Å². The van der Waals surface area contributed by atoms with Crippen LogP contribution >= 0.6 is 11.6 Å². The number of nitrogens with zero attached hydrogens (tertiary/aromatic N) is 1. The summed E-state index contributed by atoms with van der Waals surface area (Å²) in [6, 6.07) is 29.1. The number of phenols is 1. The molecular formula is C57H67ClN6O11Si. The lowest BCUT2D eigenvalue weighted by Crippen LogP contribution is -2.43. The van der Waals surface area contributed by atoms with Crippen LogP contribution in [0.3, 0.4) is 0 Å². The van der Waals surface area contributed by atoms with E-state index in [1.165, 1.54) is 18.2 Å². The van der Waals surface area contributed by atoms with Gasteiger partial charge in [-0.25, -0.2) is 9.59 Å². The van der Waals surface area contributed by atoms with E-state index in [1.807, 2.05) is 48.5 Å². The molecule has 19 heteroatoms. The van der Waals surface area contributed by atoms with E-state index in [0.717, 1.165) is 27.8 Å². The van der Waals surface area contributed by atoms with Crippen LogP contribution in [-0.2, 0) is 38.9 Å². The van der Waals surface area contributed by atoms with Crippen molar-refractivity contribution in [1.82, 2.24) is 15.6 Å². The molecule has 0 radical (unpaired) electrons. The number of nitro benzene ring substituents is 1. The number of H-pyrrole nitrogens is 1. The summed E-state index contributed by atoms with van der Waals surface area (Å²) in [5.41, 5.74) is 11.0. The number of alkyl carbamates (subject to hydrolysis) is 1. The number of benzene rings is 5. The molecule has 0 unspecified atom stereocenters. The minimum Gasteiger partial charge on any atom is -0.506 e. The van der Waals surface area contributed by atoms with E-state index in [4.69, 9.17) is 36.0 Å². The Labute approximate surface area is 448 Å². The number of hydrogen-bond acceptors (Lipinski definition) is 12. The number of aromatic hydroxyl groups is 1. The van der Waals surface area contributed by atoms with Gasteiger partial charge in [0, 0.05) is 71.9 Å². The Morgan fingerprint density at radius 1 is 0.974 bits per heavy atom. The van der Waals surface area contributed by atoms with E-state index in [2.05, 4.69) is 61.7 Å². The van der Waals surface area contributed by atoms with Crippen LogP contribution in [0.15, 0.2) is 108 Å².